The molecule has 2 rings (SSSR count). The van der Waals surface area contributed by atoms with Crippen LogP contribution in [0.5, 0.6) is 0 Å². The minimum atomic E-state index is -0.642. The van der Waals surface area contributed by atoms with E-state index in [1.807, 2.05) is 20.8 Å². The smallest absolute Gasteiger partial charge is 0.333 e. The topological polar surface area (TPSA) is 69.7 Å². The van der Waals surface area contributed by atoms with E-state index in [-0.39, 0.29) is 17.1 Å². The largest absolute Gasteiger partial charge is 0.455 e. The summed E-state index contributed by atoms with van der Waals surface area (Å²) >= 11 is 0. The highest BCUT2D eigenvalue weighted by Crippen LogP contribution is 2.53. The second-order valence-corrected chi connectivity index (χ2v) is 8.86. The molecule has 2 aliphatic rings. The predicted molar refractivity (Wildman–Crippen MR) is 117 cm³/mol. The van der Waals surface area contributed by atoms with Gasteiger partial charge in [0.25, 0.3) is 0 Å². The first-order chi connectivity index (χ1) is 14.0. The molecule has 0 unspecified atom stereocenters. The quantitative estimate of drug-likeness (QED) is 0.477. The highest BCUT2D eigenvalue weighted by Gasteiger charge is 2.52. The van der Waals surface area contributed by atoms with Crippen molar-refractivity contribution in [2.24, 2.45) is 11.3 Å². The van der Waals surface area contributed by atoms with Crippen molar-refractivity contribution in [3.05, 3.63) is 46.1 Å². The van der Waals surface area contributed by atoms with Gasteiger partial charge in [0, 0.05) is 23.5 Å². The Labute approximate surface area is 179 Å². The van der Waals surface area contributed by atoms with Gasteiger partial charge < -0.3 is 9.47 Å². The van der Waals surface area contributed by atoms with Crippen LogP contribution >= 0.6 is 0 Å². The number of carbonyl (C=O) groups is 3. The van der Waals surface area contributed by atoms with Crippen LogP contribution in [0.15, 0.2) is 46.1 Å². The minimum absolute atomic E-state index is 0.0181. The Hall–Kier alpha value is -2.43. The van der Waals surface area contributed by atoms with Crippen LogP contribution in [0, 0.1) is 11.3 Å². The highest BCUT2D eigenvalue weighted by atomic mass is 16.6. The van der Waals surface area contributed by atoms with E-state index < -0.39 is 24.1 Å². The number of esters is 2. The number of hydrogen-bond acceptors (Lipinski definition) is 5. The van der Waals surface area contributed by atoms with E-state index in [1.54, 1.807) is 45.9 Å². The highest BCUT2D eigenvalue weighted by molar-refractivity contribution is 6.06. The maximum absolute atomic E-state index is 12.7. The first-order valence-corrected chi connectivity index (χ1v) is 10.6. The zero-order chi connectivity index (χ0) is 22.8. The molecule has 5 heteroatoms. The average Bonchev–Trinajstić information content (AvgIpc) is 2.70. The second kappa shape index (κ2) is 9.15. The number of allylic oxidation sites excluding steroid dienone is 5. The van der Waals surface area contributed by atoms with Crippen LogP contribution in [-0.2, 0) is 23.9 Å². The first kappa shape index (κ1) is 23.8. The lowest BCUT2D eigenvalue weighted by Gasteiger charge is -2.50. The molecule has 1 fully saturated rings. The van der Waals surface area contributed by atoms with Gasteiger partial charge in [0.1, 0.15) is 12.2 Å². The van der Waals surface area contributed by atoms with Crippen molar-refractivity contribution in [3.63, 3.8) is 0 Å². The van der Waals surface area contributed by atoms with Crippen LogP contribution in [0.25, 0.3) is 0 Å². The Kier molecular flexibility index (Phi) is 7.27. The van der Waals surface area contributed by atoms with Crippen molar-refractivity contribution >= 4 is 17.7 Å². The third-order valence-corrected chi connectivity index (χ3v) is 6.78. The van der Waals surface area contributed by atoms with Gasteiger partial charge >= 0.3 is 11.9 Å². The monoisotopic (exact) mass is 414 g/mol. The summed E-state index contributed by atoms with van der Waals surface area (Å²) in [4.78, 5) is 37.7. The van der Waals surface area contributed by atoms with Crippen LogP contribution in [-0.4, -0.2) is 29.9 Å². The average molecular weight is 415 g/mol. The fourth-order valence-electron chi connectivity index (χ4n) is 4.13. The molecule has 0 heterocycles. The lowest BCUT2D eigenvalue weighted by Crippen LogP contribution is -2.53. The van der Waals surface area contributed by atoms with E-state index in [1.165, 1.54) is 0 Å². The van der Waals surface area contributed by atoms with Gasteiger partial charge in [-0.15, -0.1) is 0 Å². The van der Waals surface area contributed by atoms with Gasteiger partial charge in [-0.1, -0.05) is 37.1 Å². The number of rotatable bonds is 4. The zero-order valence-electron chi connectivity index (χ0n) is 19.4. The van der Waals surface area contributed by atoms with Gasteiger partial charge in [-0.05, 0) is 65.0 Å². The van der Waals surface area contributed by atoms with Crippen molar-refractivity contribution in [1.29, 1.82) is 0 Å². The molecule has 2 aliphatic carbocycles. The van der Waals surface area contributed by atoms with Crippen molar-refractivity contribution in [3.8, 4) is 0 Å². The summed E-state index contributed by atoms with van der Waals surface area (Å²) in [5.74, 6) is -0.972. The molecule has 30 heavy (non-hydrogen) atoms. The van der Waals surface area contributed by atoms with Crippen molar-refractivity contribution in [2.45, 2.75) is 80.4 Å². The van der Waals surface area contributed by atoms with Gasteiger partial charge in [0.05, 0.1) is 0 Å². The van der Waals surface area contributed by atoms with Crippen molar-refractivity contribution in [2.75, 3.05) is 0 Å². The Balaban J connectivity index is 2.49. The summed E-state index contributed by atoms with van der Waals surface area (Å²) in [6.45, 7) is 15.0. The summed E-state index contributed by atoms with van der Waals surface area (Å²) in [5, 5.41) is 0. The van der Waals surface area contributed by atoms with E-state index in [0.717, 1.165) is 16.7 Å². The van der Waals surface area contributed by atoms with Gasteiger partial charge in [-0.2, -0.15) is 0 Å². The van der Waals surface area contributed by atoms with Gasteiger partial charge in [-0.3, -0.25) is 4.79 Å². The molecular weight excluding hydrogens is 380 g/mol. The molecule has 0 aromatic rings. The molecule has 0 aromatic carbocycles. The fourth-order valence-corrected chi connectivity index (χ4v) is 4.13. The summed E-state index contributed by atoms with van der Waals surface area (Å²) in [6, 6.07) is 0. The van der Waals surface area contributed by atoms with E-state index in [0.29, 0.717) is 24.0 Å². The molecule has 0 N–H and O–H groups in total. The maximum Gasteiger partial charge on any atom is 0.333 e. The molecule has 0 amide bonds. The third-order valence-electron chi connectivity index (χ3n) is 6.78. The molecule has 0 radical (unpaired) electrons. The van der Waals surface area contributed by atoms with E-state index in [4.69, 9.17) is 9.47 Å². The second-order valence-electron chi connectivity index (χ2n) is 8.86. The normalized spacial score (nSPS) is 29.7. The number of fused-ring (bicyclic) bond motifs is 1. The molecule has 164 valence electrons. The molecule has 0 aromatic heterocycles. The number of carbonyl (C=O) groups excluding carboxylic acids is 3. The van der Waals surface area contributed by atoms with Gasteiger partial charge in [0.2, 0.25) is 0 Å². The number of ketones is 1. The zero-order valence-corrected chi connectivity index (χ0v) is 19.4. The van der Waals surface area contributed by atoms with Crippen molar-refractivity contribution < 1.29 is 23.9 Å². The Bertz CT molecular complexity index is 866. The van der Waals surface area contributed by atoms with E-state index >= 15 is 0 Å². The van der Waals surface area contributed by atoms with E-state index in [9.17, 15) is 14.4 Å². The summed E-state index contributed by atoms with van der Waals surface area (Å²) in [5.41, 5.74) is 3.41. The molecule has 1 saturated carbocycles. The molecule has 5 nitrogen and oxygen atoms in total. The molecule has 4 atom stereocenters. The van der Waals surface area contributed by atoms with Gasteiger partial charge in [-0.25, -0.2) is 9.59 Å². The van der Waals surface area contributed by atoms with Crippen LogP contribution in [0.3, 0.4) is 0 Å². The minimum Gasteiger partial charge on any atom is -0.455 e. The van der Waals surface area contributed by atoms with Crippen LogP contribution in [0.2, 0.25) is 0 Å². The first-order valence-electron chi connectivity index (χ1n) is 10.6. The number of hydrogen-bond donors (Lipinski definition) is 0. The lowest BCUT2D eigenvalue weighted by molar-refractivity contribution is -0.175. The molecule has 0 spiro atoms. The molecular formula is C25H34O5. The standard InChI is InChI=1S/C25H34O5/c1-9-15(5)23(27)29-21-12-18-11-20(26)19(14(3)4)13-25(18,8)17(7)22(21)30-24(28)16(6)10-2/h9-11,17,21-22H,12-13H2,1-8H3/b15-9-,16-10-/t17-,21-,22+,25+/m0/s1. The predicted octanol–water partition coefficient (Wildman–Crippen LogP) is 5.02. The van der Waals surface area contributed by atoms with Crippen LogP contribution in [0.1, 0.15) is 68.2 Å². The molecule has 0 saturated heterocycles. The van der Waals surface area contributed by atoms with Crippen LogP contribution in [0.4, 0.5) is 0 Å². The third kappa shape index (κ3) is 4.50. The summed E-state index contributed by atoms with van der Waals surface area (Å²) in [7, 11) is 0. The van der Waals surface area contributed by atoms with Gasteiger partial charge in [0.15, 0.2) is 5.78 Å². The molecule has 0 bridgehead atoms. The molecule has 0 aliphatic heterocycles. The fraction of sp³-hybridized carbons (Fsp3) is 0.560. The number of ether oxygens (including phenoxy) is 2. The SMILES string of the molecule is C/C=C(/C)C(=O)O[C@H]1[C@@H](OC(=O)/C(C)=C\C)CC2=CC(=O)C(=C(C)C)C[C@]2(C)[C@H]1C. The maximum atomic E-state index is 12.7. The summed E-state index contributed by atoms with van der Waals surface area (Å²) < 4.78 is 11.7. The Morgan fingerprint density at radius 2 is 1.57 bits per heavy atom. The summed E-state index contributed by atoms with van der Waals surface area (Å²) in [6.07, 6.45) is 4.81. The lowest BCUT2D eigenvalue weighted by atomic mass is 9.57. The Morgan fingerprint density at radius 3 is 2.07 bits per heavy atom. The van der Waals surface area contributed by atoms with E-state index in [2.05, 4.69) is 6.92 Å². The Morgan fingerprint density at radius 1 is 1.03 bits per heavy atom. The van der Waals surface area contributed by atoms with Crippen molar-refractivity contribution in [1.82, 2.24) is 0 Å². The van der Waals surface area contributed by atoms with Crippen LogP contribution < -0.4 is 0 Å².